The largest absolute Gasteiger partial charge is 0.480 e. The van der Waals surface area contributed by atoms with Crippen LogP contribution in [0.4, 0.5) is 10.5 Å². The topological polar surface area (TPSA) is 128 Å². The minimum Gasteiger partial charge on any atom is -0.480 e. The number of carboxylic acid groups (broad SMARTS) is 1. The lowest BCUT2D eigenvalue weighted by Crippen LogP contribution is -2.58. The highest BCUT2D eigenvalue weighted by Gasteiger charge is 2.33. The quantitative estimate of drug-likeness (QED) is 0.304. The summed E-state index contributed by atoms with van der Waals surface area (Å²) in [6.07, 6.45) is -0.350. The molecule has 1 heterocycles. The number of carboxylic acids is 1. The number of Topliss-reactive ketones (excluding diaryl/α,β-unsaturated/α-hetero) is 1. The first kappa shape index (κ1) is 32.6. The van der Waals surface area contributed by atoms with Crippen molar-refractivity contribution in [2.45, 2.75) is 72.3 Å². The number of benzene rings is 2. The van der Waals surface area contributed by atoms with Crippen molar-refractivity contribution in [1.29, 1.82) is 0 Å². The van der Waals surface area contributed by atoms with Crippen LogP contribution in [0.3, 0.4) is 0 Å². The first-order valence-corrected chi connectivity index (χ1v) is 14.6. The zero-order chi connectivity index (χ0) is 30.6. The average Bonchev–Trinajstić information content (AvgIpc) is 3.12. The first-order chi connectivity index (χ1) is 20.0. The maximum Gasteiger partial charge on any atom is 0.408 e. The van der Waals surface area contributed by atoms with E-state index in [0.717, 1.165) is 16.8 Å². The van der Waals surface area contributed by atoms with Gasteiger partial charge in [0.2, 0.25) is 5.91 Å². The van der Waals surface area contributed by atoms with E-state index >= 15 is 0 Å². The Morgan fingerprint density at radius 2 is 1.60 bits per heavy atom. The molecule has 10 nitrogen and oxygen atoms in total. The van der Waals surface area contributed by atoms with Gasteiger partial charge in [-0.05, 0) is 41.9 Å². The Bertz CT molecular complexity index is 1200. The van der Waals surface area contributed by atoms with Crippen molar-refractivity contribution >= 4 is 29.4 Å². The van der Waals surface area contributed by atoms with E-state index in [2.05, 4.69) is 10.6 Å². The van der Waals surface area contributed by atoms with E-state index < -0.39 is 30.2 Å². The number of rotatable bonds is 14. The van der Waals surface area contributed by atoms with Crippen molar-refractivity contribution < 1.29 is 29.0 Å². The molecule has 42 heavy (non-hydrogen) atoms. The molecule has 2 aromatic carbocycles. The Hall–Kier alpha value is -3.92. The number of hydrogen-bond acceptors (Lipinski definition) is 7. The number of ketones is 1. The van der Waals surface area contributed by atoms with Gasteiger partial charge < -0.3 is 25.4 Å². The fourth-order valence-corrected chi connectivity index (χ4v) is 4.96. The van der Waals surface area contributed by atoms with Crippen LogP contribution in [0.5, 0.6) is 0 Å². The Morgan fingerprint density at radius 1 is 0.905 bits per heavy atom. The van der Waals surface area contributed by atoms with E-state index in [1.165, 1.54) is 0 Å². The third-order valence-corrected chi connectivity index (χ3v) is 7.13. The maximum atomic E-state index is 13.7. The van der Waals surface area contributed by atoms with E-state index in [-0.39, 0.29) is 31.3 Å². The summed E-state index contributed by atoms with van der Waals surface area (Å²) in [7, 11) is 0. The van der Waals surface area contributed by atoms with Gasteiger partial charge in [0.25, 0.3) is 0 Å². The number of aliphatic carboxylic acids is 1. The van der Waals surface area contributed by atoms with E-state index in [1.54, 1.807) is 4.90 Å². The molecular formula is C32H44N4O6. The summed E-state index contributed by atoms with van der Waals surface area (Å²) in [5.74, 6) is -1.16. The molecule has 0 fully saturated rings. The lowest BCUT2D eigenvalue weighted by molar-refractivity contribution is -0.135. The molecule has 10 heteroatoms. The second-order valence-corrected chi connectivity index (χ2v) is 11.6. The standard InChI is InChI=1S/C32H44N4O6/c1-22(2)14-15-28(37)30(36-17-16-35(20-29(38)39)27-13-9-8-12-25(27)19-36)34-31(40)26(18-23(3)4)33-32(41)42-21-24-10-6-5-7-11-24/h5-13,22-23,26,30H,14-21H2,1-4H3,(H,33,41)(H,34,40)(H,38,39)/t26-,30?/m0/s1. The van der Waals surface area contributed by atoms with Gasteiger partial charge in [-0.15, -0.1) is 0 Å². The van der Waals surface area contributed by atoms with E-state index in [1.807, 2.05) is 87.2 Å². The van der Waals surface area contributed by atoms with Crippen LogP contribution in [-0.4, -0.2) is 65.6 Å². The van der Waals surface area contributed by atoms with Crippen LogP contribution in [0.25, 0.3) is 0 Å². The molecule has 2 atom stereocenters. The maximum absolute atomic E-state index is 13.7. The molecule has 0 radical (unpaired) electrons. The summed E-state index contributed by atoms with van der Waals surface area (Å²) in [5.41, 5.74) is 2.49. The molecule has 1 unspecified atom stereocenters. The van der Waals surface area contributed by atoms with E-state index in [0.29, 0.717) is 38.4 Å². The van der Waals surface area contributed by atoms with Crippen LogP contribution in [0.1, 0.15) is 58.1 Å². The van der Waals surface area contributed by atoms with Gasteiger partial charge in [-0.1, -0.05) is 76.2 Å². The molecular weight excluding hydrogens is 536 g/mol. The number of nitrogens with zero attached hydrogens (tertiary/aromatic N) is 2. The third kappa shape index (κ3) is 10.2. The van der Waals surface area contributed by atoms with Crippen LogP contribution >= 0.6 is 0 Å². The zero-order valence-electron chi connectivity index (χ0n) is 25.0. The molecule has 2 aromatic rings. The second-order valence-electron chi connectivity index (χ2n) is 11.6. The minimum absolute atomic E-state index is 0.0685. The predicted octanol–water partition coefficient (Wildman–Crippen LogP) is 4.18. The van der Waals surface area contributed by atoms with Gasteiger partial charge in [0, 0.05) is 31.7 Å². The van der Waals surface area contributed by atoms with E-state index in [4.69, 9.17) is 4.74 Å². The Labute approximate surface area is 248 Å². The van der Waals surface area contributed by atoms with Crippen molar-refractivity contribution in [2.75, 3.05) is 24.5 Å². The molecule has 0 aliphatic carbocycles. The summed E-state index contributed by atoms with van der Waals surface area (Å²) in [5, 5.41) is 15.1. The SMILES string of the molecule is CC(C)CCC(=O)C(NC(=O)[C@H](CC(C)C)NC(=O)OCc1ccccc1)N1CCN(CC(=O)O)c2ccccc2C1. The second kappa shape index (κ2) is 15.9. The van der Waals surface area contributed by atoms with Crippen LogP contribution in [0.15, 0.2) is 54.6 Å². The molecule has 1 aliphatic heterocycles. The number of para-hydroxylation sites is 1. The van der Waals surface area contributed by atoms with Gasteiger partial charge in [0.05, 0.1) is 0 Å². The molecule has 0 saturated carbocycles. The van der Waals surface area contributed by atoms with Crippen molar-refractivity contribution in [3.8, 4) is 0 Å². The highest BCUT2D eigenvalue weighted by Crippen LogP contribution is 2.26. The molecule has 0 aromatic heterocycles. The number of ether oxygens (including phenoxy) is 1. The molecule has 1 aliphatic rings. The monoisotopic (exact) mass is 580 g/mol. The van der Waals surface area contributed by atoms with Crippen LogP contribution in [-0.2, 0) is 32.3 Å². The number of nitrogens with one attached hydrogen (secondary N) is 2. The number of carbonyl (C=O) groups excluding carboxylic acids is 3. The van der Waals surface area contributed by atoms with Crippen molar-refractivity contribution in [1.82, 2.24) is 15.5 Å². The number of amides is 2. The molecule has 0 saturated heterocycles. The molecule has 3 rings (SSSR count). The Kier molecular flexibility index (Phi) is 12.3. The zero-order valence-corrected chi connectivity index (χ0v) is 25.0. The lowest BCUT2D eigenvalue weighted by atomic mass is 10.0. The predicted molar refractivity (Wildman–Crippen MR) is 161 cm³/mol. The summed E-state index contributed by atoms with van der Waals surface area (Å²) >= 11 is 0. The summed E-state index contributed by atoms with van der Waals surface area (Å²) in [4.78, 5) is 55.2. The van der Waals surface area contributed by atoms with Gasteiger partial charge in [0.1, 0.15) is 25.4 Å². The van der Waals surface area contributed by atoms with E-state index in [9.17, 15) is 24.3 Å². The third-order valence-electron chi connectivity index (χ3n) is 7.13. The fraction of sp³-hybridized carbons (Fsp3) is 0.500. The molecule has 228 valence electrons. The van der Waals surface area contributed by atoms with Crippen LogP contribution < -0.4 is 15.5 Å². The van der Waals surface area contributed by atoms with Crippen LogP contribution in [0, 0.1) is 11.8 Å². The number of hydrogen-bond donors (Lipinski definition) is 3. The average molecular weight is 581 g/mol. The summed E-state index contributed by atoms with van der Waals surface area (Å²) in [6.45, 7) is 8.96. The normalized spacial score (nSPS) is 15.0. The first-order valence-electron chi connectivity index (χ1n) is 14.6. The number of alkyl carbamates (subject to hydrolysis) is 1. The smallest absolute Gasteiger partial charge is 0.408 e. The number of carbonyl (C=O) groups is 4. The van der Waals surface area contributed by atoms with Gasteiger partial charge in [-0.2, -0.15) is 0 Å². The van der Waals surface area contributed by atoms with Crippen molar-refractivity contribution in [3.05, 3.63) is 65.7 Å². The summed E-state index contributed by atoms with van der Waals surface area (Å²) in [6, 6.07) is 15.9. The minimum atomic E-state index is -0.946. The van der Waals surface area contributed by atoms with Crippen LogP contribution in [0.2, 0.25) is 0 Å². The number of anilines is 1. The van der Waals surface area contributed by atoms with Gasteiger partial charge in [-0.25, -0.2) is 4.79 Å². The molecule has 2 amide bonds. The van der Waals surface area contributed by atoms with Crippen molar-refractivity contribution in [3.63, 3.8) is 0 Å². The van der Waals surface area contributed by atoms with Crippen molar-refractivity contribution in [2.24, 2.45) is 11.8 Å². The molecule has 0 bridgehead atoms. The van der Waals surface area contributed by atoms with Gasteiger partial charge in [-0.3, -0.25) is 19.3 Å². The van der Waals surface area contributed by atoms with Gasteiger partial charge >= 0.3 is 12.1 Å². The Balaban J connectivity index is 1.80. The number of fused-ring (bicyclic) bond motifs is 1. The highest BCUT2D eigenvalue weighted by atomic mass is 16.5. The lowest BCUT2D eigenvalue weighted by Gasteiger charge is -2.32. The highest BCUT2D eigenvalue weighted by molar-refractivity contribution is 5.92. The molecule has 0 spiro atoms. The van der Waals surface area contributed by atoms with Gasteiger partial charge in [0.15, 0.2) is 5.78 Å². The fourth-order valence-electron chi connectivity index (χ4n) is 4.96. The summed E-state index contributed by atoms with van der Waals surface area (Å²) < 4.78 is 5.36. The molecule has 3 N–H and O–H groups in total. The Morgan fingerprint density at radius 3 is 2.26 bits per heavy atom.